The van der Waals surface area contributed by atoms with Gasteiger partial charge in [0, 0.05) is 6.42 Å². The van der Waals surface area contributed by atoms with E-state index in [-0.39, 0.29) is 30.4 Å². The molecule has 0 radical (unpaired) electrons. The summed E-state index contributed by atoms with van der Waals surface area (Å²) in [7, 11) is -0.299. The molecule has 1 aliphatic rings. The zero-order valence-electron chi connectivity index (χ0n) is 18.7. The highest BCUT2D eigenvalue weighted by atomic mass is 16.7. The maximum atomic E-state index is 11.8. The van der Waals surface area contributed by atoms with E-state index in [1.54, 1.807) is 0 Å². The molecule has 1 heterocycles. The van der Waals surface area contributed by atoms with Crippen molar-refractivity contribution in [1.29, 1.82) is 0 Å². The van der Waals surface area contributed by atoms with Gasteiger partial charge in [0.1, 0.15) is 5.75 Å². The van der Waals surface area contributed by atoms with Gasteiger partial charge in [-0.1, -0.05) is 30.3 Å². The second kappa shape index (κ2) is 10.3. The Morgan fingerprint density at radius 2 is 1.79 bits per heavy atom. The molecular formula is C23H35BO5. The number of aryl methyl sites for hydroxylation is 1. The molecule has 0 amide bonds. The van der Waals surface area contributed by atoms with Crippen LogP contribution in [0.1, 0.15) is 66.4 Å². The lowest BCUT2D eigenvalue weighted by Gasteiger charge is -2.32. The Labute approximate surface area is 175 Å². The van der Waals surface area contributed by atoms with Gasteiger partial charge in [0.25, 0.3) is 0 Å². The third kappa shape index (κ3) is 7.20. The third-order valence-electron chi connectivity index (χ3n) is 5.28. The van der Waals surface area contributed by atoms with Crippen molar-refractivity contribution in [3.8, 4) is 5.75 Å². The third-order valence-corrected chi connectivity index (χ3v) is 5.28. The summed E-state index contributed by atoms with van der Waals surface area (Å²) in [6, 6.07) is 7.85. The van der Waals surface area contributed by atoms with E-state index >= 15 is 0 Å². The fourth-order valence-corrected chi connectivity index (χ4v) is 2.97. The summed E-state index contributed by atoms with van der Waals surface area (Å²) < 4.78 is 23.0. The molecule has 0 unspecified atom stereocenters. The number of para-hydroxylation sites is 1. The van der Waals surface area contributed by atoms with Gasteiger partial charge in [0.2, 0.25) is 0 Å². The Kier molecular flexibility index (Phi) is 8.35. The van der Waals surface area contributed by atoms with E-state index in [2.05, 4.69) is 33.8 Å². The highest BCUT2D eigenvalue weighted by Gasteiger charge is 2.49. The maximum Gasteiger partial charge on any atom is 0.486 e. The van der Waals surface area contributed by atoms with Crippen LogP contribution in [0.4, 0.5) is 0 Å². The Morgan fingerprint density at radius 1 is 1.14 bits per heavy atom. The minimum atomic E-state index is -0.309. The van der Waals surface area contributed by atoms with E-state index in [9.17, 15) is 4.79 Å². The first-order valence-electron chi connectivity index (χ1n) is 10.5. The fourth-order valence-electron chi connectivity index (χ4n) is 2.97. The van der Waals surface area contributed by atoms with Crippen molar-refractivity contribution in [3.63, 3.8) is 0 Å². The Hall–Kier alpha value is -1.79. The first-order valence-corrected chi connectivity index (χ1v) is 10.5. The molecule has 1 aliphatic heterocycles. The van der Waals surface area contributed by atoms with Crippen LogP contribution in [0.5, 0.6) is 5.75 Å². The topological polar surface area (TPSA) is 54.0 Å². The lowest BCUT2D eigenvalue weighted by atomic mass is 9.89. The summed E-state index contributed by atoms with van der Waals surface area (Å²) in [5, 5.41) is 0. The molecule has 29 heavy (non-hydrogen) atoms. The molecular weight excluding hydrogens is 367 g/mol. The van der Waals surface area contributed by atoms with Crippen LogP contribution in [-0.2, 0) is 25.3 Å². The van der Waals surface area contributed by atoms with Crippen LogP contribution in [0, 0.1) is 0 Å². The Bertz CT molecular complexity index is 680. The molecule has 0 atom stereocenters. The summed E-state index contributed by atoms with van der Waals surface area (Å²) in [5.41, 5.74) is 0.410. The smallest absolute Gasteiger partial charge is 0.486 e. The number of unbranched alkanes of at least 4 members (excludes halogenated alkanes) is 1. The molecule has 1 aromatic rings. The van der Waals surface area contributed by atoms with Gasteiger partial charge in [0.05, 0.1) is 23.9 Å². The average Bonchev–Trinajstić information content (AvgIpc) is 2.83. The standard InChI is InChI=1S/C23H35BO5/c1-18(2)27-21(25)15-14-19-12-8-9-13-20(19)26-17-11-7-10-16-24-28-22(3,4)23(5,6)29-24/h8-10,12-13,16,18H,7,11,14-15,17H2,1-6H3/b16-10+. The highest BCUT2D eigenvalue weighted by molar-refractivity contribution is 6.51. The number of allylic oxidation sites excluding steroid dienone is 1. The normalized spacial score (nSPS) is 17.8. The molecule has 0 bridgehead atoms. The zero-order chi connectivity index (χ0) is 21.5. The lowest BCUT2D eigenvalue weighted by Crippen LogP contribution is -2.41. The van der Waals surface area contributed by atoms with Crippen LogP contribution >= 0.6 is 0 Å². The number of rotatable bonds is 10. The van der Waals surface area contributed by atoms with Crippen molar-refractivity contribution in [2.75, 3.05) is 6.61 Å². The Morgan fingerprint density at radius 3 is 2.45 bits per heavy atom. The van der Waals surface area contributed by atoms with Crippen LogP contribution in [0.15, 0.2) is 36.3 Å². The number of hydrogen-bond donors (Lipinski definition) is 0. The first-order chi connectivity index (χ1) is 13.6. The monoisotopic (exact) mass is 402 g/mol. The predicted octanol–water partition coefficient (Wildman–Crippen LogP) is 4.92. The summed E-state index contributed by atoms with van der Waals surface area (Å²) in [5.74, 6) is 2.63. The molecule has 5 nitrogen and oxygen atoms in total. The summed E-state index contributed by atoms with van der Waals surface area (Å²) in [6.07, 6.45) is 4.74. The number of carbonyl (C=O) groups is 1. The van der Waals surface area contributed by atoms with Crippen LogP contribution in [0.2, 0.25) is 0 Å². The van der Waals surface area contributed by atoms with Crippen LogP contribution in [0.3, 0.4) is 0 Å². The molecule has 2 rings (SSSR count). The molecule has 0 aliphatic carbocycles. The summed E-state index contributed by atoms with van der Waals surface area (Å²) in [6.45, 7) is 12.5. The summed E-state index contributed by atoms with van der Waals surface area (Å²) in [4.78, 5) is 11.8. The van der Waals surface area contributed by atoms with E-state index in [0.717, 1.165) is 24.2 Å². The minimum Gasteiger partial charge on any atom is -0.493 e. The van der Waals surface area contributed by atoms with E-state index < -0.39 is 0 Å². The first kappa shape index (κ1) is 23.5. The number of ether oxygens (including phenoxy) is 2. The van der Waals surface area contributed by atoms with Crippen molar-refractivity contribution in [3.05, 3.63) is 41.9 Å². The van der Waals surface area contributed by atoms with Crippen molar-refractivity contribution < 1.29 is 23.6 Å². The maximum absolute atomic E-state index is 11.8. The Balaban J connectivity index is 1.72. The van der Waals surface area contributed by atoms with Gasteiger partial charge in [-0.3, -0.25) is 4.79 Å². The molecule has 1 aromatic carbocycles. The van der Waals surface area contributed by atoms with Gasteiger partial charge in [-0.05, 0) is 72.4 Å². The molecule has 6 heteroatoms. The highest BCUT2D eigenvalue weighted by Crippen LogP contribution is 2.36. The van der Waals surface area contributed by atoms with Gasteiger partial charge >= 0.3 is 13.1 Å². The van der Waals surface area contributed by atoms with Gasteiger partial charge in [-0.25, -0.2) is 0 Å². The lowest BCUT2D eigenvalue weighted by molar-refractivity contribution is -0.147. The minimum absolute atomic E-state index is 0.0841. The number of hydrogen-bond acceptors (Lipinski definition) is 5. The largest absolute Gasteiger partial charge is 0.493 e. The average molecular weight is 402 g/mol. The van der Waals surface area contributed by atoms with Gasteiger partial charge < -0.3 is 18.8 Å². The molecule has 1 fully saturated rings. The second-order valence-corrected chi connectivity index (χ2v) is 8.69. The van der Waals surface area contributed by atoms with Crippen molar-refractivity contribution in [1.82, 2.24) is 0 Å². The molecule has 0 saturated carbocycles. The van der Waals surface area contributed by atoms with Gasteiger partial charge in [-0.2, -0.15) is 0 Å². The van der Waals surface area contributed by atoms with Gasteiger partial charge in [0.15, 0.2) is 0 Å². The summed E-state index contributed by atoms with van der Waals surface area (Å²) >= 11 is 0. The molecule has 1 saturated heterocycles. The second-order valence-electron chi connectivity index (χ2n) is 8.69. The van der Waals surface area contributed by atoms with E-state index in [4.69, 9.17) is 18.8 Å². The van der Waals surface area contributed by atoms with Crippen molar-refractivity contribution >= 4 is 13.1 Å². The SMILES string of the molecule is CC(C)OC(=O)CCc1ccccc1OCCC/C=C/B1OC(C)(C)C(C)(C)O1. The number of carbonyl (C=O) groups excluding carboxylic acids is 1. The van der Waals surface area contributed by atoms with E-state index in [0.29, 0.717) is 19.4 Å². The van der Waals surface area contributed by atoms with E-state index in [1.807, 2.05) is 44.1 Å². The quantitative estimate of drug-likeness (QED) is 0.316. The number of benzene rings is 1. The van der Waals surface area contributed by atoms with Crippen molar-refractivity contribution in [2.45, 2.75) is 84.5 Å². The van der Waals surface area contributed by atoms with Crippen molar-refractivity contribution in [2.24, 2.45) is 0 Å². The molecule has 160 valence electrons. The van der Waals surface area contributed by atoms with Crippen LogP contribution in [-0.4, -0.2) is 37.0 Å². The fraction of sp³-hybridized carbons (Fsp3) is 0.609. The van der Waals surface area contributed by atoms with Crippen LogP contribution < -0.4 is 4.74 Å². The molecule has 0 spiro atoms. The number of esters is 1. The molecule has 0 N–H and O–H groups in total. The van der Waals surface area contributed by atoms with Crippen LogP contribution in [0.25, 0.3) is 0 Å². The van der Waals surface area contributed by atoms with E-state index in [1.165, 1.54) is 0 Å². The molecule has 0 aromatic heterocycles. The zero-order valence-corrected chi connectivity index (χ0v) is 18.7. The predicted molar refractivity (Wildman–Crippen MR) is 116 cm³/mol. The van der Waals surface area contributed by atoms with Gasteiger partial charge in [-0.15, -0.1) is 0 Å².